The molecule has 0 saturated carbocycles. The third-order valence-corrected chi connectivity index (χ3v) is 5.88. The Hall–Kier alpha value is -3.12. The van der Waals surface area contributed by atoms with Crippen LogP contribution in [0, 0.1) is 0 Å². The molecule has 2 aromatic carbocycles. The average molecular weight is 423 g/mol. The molecule has 6 nitrogen and oxygen atoms in total. The SMILES string of the molecule is COc1cc(CN2CCCn3cccc3C2c2cc(OC)ccc2OC)cc(OC)c1. The number of nitrogens with zero attached hydrogens (tertiary/aromatic N) is 2. The van der Waals surface area contributed by atoms with Gasteiger partial charge in [0.15, 0.2) is 0 Å². The lowest BCUT2D eigenvalue weighted by atomic mass is 9.99. The molecule has 0 amide bonds. The van der Waals surface area contributed by atoms with Crippen molar-refractivity contribution < 1.29 is 18.9 Å². The lowest BCUT2D eigenvalue weighted by molar-refractivity contribution is 0.215. The van der Waals surface area contributed by atoms with E-state index in [0.29, 0.717) is 0 Å². The second-order valence-corrected chi connectivity index (χ2v) is 7.68. The molecule has 0 bridgehead atoms. The maximum Gasteiger partial charge on any atom is 0.124 e. The minimum absolute atomic E-state index is 0.0275. The first kappa shape index (κ1) is 21.1. The molecule has 1 aliphatic heterocycles. The second-order valence-electron chi connectivity index (χ2n) is 7.68. The molecule has 1 atom stereocenters. The van der Waals surface area contributed by atoms with Gasteiger partial charge in [-0.1, -0.05) is 0 Å². The van der Waals surface area contributed by atoms with Gasteiger partial charge in [-0.05, 0) is 54.4 Å². The summed E-state index contributed by atoms with van der Waals surface area (Å²) in [6.07, 6.45) is 3.22. The van der Waals surface area contributed by atoms with Crippen LogP contribution in [0.3, 0.4) is 0 Å². The number of benzene rings is 2. The zero-order valence-corrected chi connectivity index (χ0v) is 18.6. The Bertz CT molecular complexity index is 1010. The zero-order chi connectivity index (χ0) is 21.8. The van der Waals surface area contributed by atoms with E-state index in [-0.39, 0.29) is 6.04 Å². The molecular weight excluding hydrogens is 392 g/mol. The maximum absolute atomic E-state index is 5.77. The molecule has 6 heteroatoms. The van der Waals surface area contributed by atoms with Crippen molar-refractivity contribution in [2.24, 2.45) is 0 Å². The van der Waals surface area contributed by atoms with E-state index in [2.05, 4.69) is 46.0 Å². The van der Waals surface area contributed by atoms with Crippen molar-refractivity contribution >= 4 is 0 Å². The highest BCUT2D eigenvalue weighted by Gasteiger charge is 2.30. The molecule has 4 rings (SSSR count). The van der Waals surface area contributed by atoms with Gasteiger partial charge < -0.3 is 23.5 Å². The largest absolute Gasteiger partial charge is 0.497 e. The summed E-state index contributed by atoms with van der Waals surface area (Å²) >= 11 is 0. The number of fused-ring (bicyclic) bond motifs is 1. The van der Waals surface area contributed by atoms with E-state index in [9.17, 15) is 0 Å². The number of aryl methyl sites for hydroxylation is 1. The molecule has 0 radical (unpaired) electrons. The van der Waals surface area contributed by atoms with Crippen molar-refractivity contribution in [2.45, 2.75) is 25.6 Å². The predicted octanol–water partition coefficient (Wildman–Crippen LogP) is 4.52. The topological polar surface area (TPSA) is 45.1 Å². The van der Waals surface area contributed by atoms with E-state index in [4.69, 9.17) is 18.9 Å². The van der Waals surface area contributed by atoms with Crippen LogP contribution in [0.1, 0.15) is 29.3 Å². The lowest BCUT2D eigenvalue weighted by Gasteiger charge is -2.32. The predicted molar refractivity (Wildman–Crippen MR) is 120 cm³/mol. The van der Waals surface area contributed by atoms with Gasteiger partial charge in [0.05, 0.1) is 34.5 Å². The first-order valence-corrected chi connectivity index (χ1v) is 10.5. The van der Waals surface area contributed by atoms with Crippen LogP contribution >= 0.6 is 0 Å². The van der Waals surface area contributed by atoms with Crippen molar-refractivity contribution in [3.05, 3.63) is 71.5 Å². The molecule has 31 heavy (non-hydrogen) atoms. The Morgan fingerprint density at radius 3 is 2.23 bits per heavy atom. The summed E-state index contributed by atoms with van der Waals surface area (Å²) in [5, 5.41) is 0. The molecule has 0 aliphatic carbocycles. The molecule has 0 N–H and O–H groups in total. The van der Waals surface area contributed by atoms with Crippen LogP contribution in [0.15, 0.2) is 54.7 Å². The van der Waals surface area contributed by atoms with Gasteiger partial charge in [-0.3, -0.25) is 4.90 Å². The average Bonchev–Trinajstić information content (AvgIpc) is 3.19. The first-order chi connectivity index (χ1) is 15.2. The number of hydrogen-bond acceptors (Lipinski definition) is 5. The van der Waals surface area contributed by atoms with Crippen molar-refractivity contribution in [1.82, 2.24) is 9.47 Å². The third-order valence-electron chi connectivity index (χ3n) is 5.88. The Labute approximate surface area is 183 Å². The summed E-state index contributed by atoms with van der Waals surface area (Å²) < 4.78 is 24.6. The summed E-state index contributed by atoms with van der Waals surface area (Å²) in [5.41, 5.74) is 3.49. The van der Waals surface area contributed by atoms with Crippen molar-refractivity contribution in [2.75, 3.05) is 35.0 Å². The summed E-state index contributed by atoms with van der Waals surface area (Å²) in [6.45, 7) is 2.69. The van der Waals surface area contributed by atoms with Gasteiger partial charge in [0, 0.05) is 43.2 Å². The summed E-state index contributed by atoms with van der Waals surface area (Å²) in [4.78, 5) is 2.49. The Morgan fingerprint density at radius 1 is 0.806 bits per heavy atom. The van der Waals surface area contributed by atoms with E-state index in [1.165, 1.54) is 5.69 Å². The van der Waals surface area contributed by atoms with E-state index in [1.807, 2.05) is 18.2 Å². The zero-order valence-electron chi connectivity index (χ0n) is 18.6. The van der Waals surface area contributed by atoms with Crippen molar-refractivity contribution in [3.63, 3.8) is 0 Å². The Morgan fingerprint density at radius 2 is 1.55 bits per heavy atom. The van der Waals surface area contributed by atoms with Crippen LogP contribution in [-0.4, -0.2) is 44.5 Å². The second kappa shape index (κ2) is 9.35. The molecule has 1 unspecified atom stereocenters. The van der Waals surface area contributed by atoms with Gasteiger partial charge in [-0.15, -0.1) is 0 Å². The van der Waals surface area contributed by atoms with E-state index in [1.54, 1.807) is 28.4 Å². The summed E-state index contributed by atoms with van der Waals surface area (Å²) in [5.74, 6) is 3.26. The molecule has 3 aromatic rings. The molecule has 0 spiro atoms. The van der Waals surface area contributed by atoms with Gasteiger partial charge in [-0.25, -0.2) is 0 Å². The van der Waals surface area contributed by atoms with Gasteiger partial charge in [0.1, 0.15) is 23.0 Å². The van der Waals surface area contributed by atoms with Crippen LogP contribution in [0.25, 0.3) is 0 Å². The third kappa shape index (κ3) is 4.35. The highest BCUT2D eigenvalue weighted by molar-refractivity contribution is 5.46. The normalized spacial score (nSPS) is 16.3. The highest BCUT2D eigenvalue weighted by Crippen LogP contribution is 2.39. The van der Waals surface area contributed by atoms with Gasteiger partial charge in [0.25, 0.3) is 0 Å². The molecule has 0 fully saturated rings. The monoisotopic (exact) mass is 422 g/mol. The number of aromatic nitrogens is 1. The highest BCUT2D eigenvalue weighted by atomic mass is 16.5. The Balaban J connectivity index is 1.80. The standard InChI is InChI=1S/C25H30N2O4/c1-28-19-8-9-24(31-4)22(16-19)25-23-7-5-10-26(23)11-6-12-27(25)17-18-13-20(29-2)15-21(14-18)30-3/h5,7-10,13-16,25H,6,11-12,17H2,1-4H3. The number of hydrogen-bond donors (Lipinski definition) is 0. The van der Waals surface area contributed by atoms with Crippen LogP contribution < -0.4 is 18.9 Å². The smallest absolute Gasteiger partial charge is 0.124 e. The fourth-order valence-electron chi connectivity index (χ4n) is 4.41. The lowest BCUT2D eigenvalue weighted by Crippen LogP contribution is -2.30. The quantitative estimate of drug-likeness (QED) is 0.560. The van der Waals surface area contributed by atoms with Crippen molar-refractivity contribution in [3.8, 4) is 23.0 Å². The van der Waals surface area contributed by atoms with Crippen LogP contribution in [0.5, 0.6) is 23.0 Å². The maximum atomic E-state index is 5.77. The van der Waals surface area contributed by atoms with E-state index in [0.717, 1.165) is 60.2 Å². The fraction of sp³-hybridized carbons (Fsp3) is 0.360. The molecule has 1 aromatic heterocycles. The first-order valence-electron chi connectivity index (χ1n) is 10.5. The molecule has 1 aliphatic rings. The van der Waals surface area contributed by atoms with Crippen molar-refractivity contribution in [1.29, 1.82) is 0 Å². The molecule has 2 heterocycles. The van der Waals surface area contributed by atoms with E-state index < -0.39 is 0 Å². The van der Waals surface area contributed by atoms with Crippen LogP contribution in [-0.2, 0) is 13.1 Å². The van der Waals surface area contributed by atoms with Gasteiger partial charge in [0.2, 0.25) is 0 Å². The Kier molecular flexibility index (Phi) is 6.37. The minimum Gasteiger partial charge on any atom is -0.497 e. The molecule has 164 valence electrons. The molecule has 0 saturated heterocycles. The number of rotatable bonds is 7. The van der Waals surface area contributed by atoms with E-state index >= 15 is 0 Å². The fourth-order valence-corrected chi connectivity index (χ4v) is 4.41. The van der Waals surface area contributed by atoms with Gasteiger partial charge >= 0.3 is 0 Å². The van der Waals surface area contributed by atoms with Crippen LogP contribution in [0.2, 0.25) is 0 Å². The van der Waals surface area contributed by atoms with Crippen LogP contribution in [0.4, 0.5) is 0 Å². The summed E-state index contributed by atoms with van der Waals surface area (Å²) in [7, 11) is 6.78. The summed E-state index contributed by atoms with van der Waals surface area (Å²) in [6, 6.07) is 16.4. The number of methoxy groups -OCH3 is 4. The number of ether oxygens (including phenoxy) is 4. The molecular formula is C25H30N2O4. The minimum atomic E-state index is 0.0275. The van der Waals surface area contributed by atoms with Gasteiger partial charge in [-0.2, -0.15) is 0 Å².